The summed E-state index contributed by atoms with van der Waals surface area (Å²) in [5.41, 5.74) is 0.560. The van der Waals surface area contributed by atoms with Crippen LogP contribution in [0.2, 0.25) is 0 Å². The number of carbonyl (C=O) groups excluding carboxylic acids is 1. The number of ether oxygens (including phenoxy) is 1. The molecule has 0 aromatic carbocycles. The molecular weight excluding hydrogens is 282 g/mol. The van der Waals surface area contributed by atoms with Gasteiger partial charge in [-0.1, -0.05) is 10.4 Å². The van der Waals surface area contributed by atoms with Crippen molar-refractivity contribution in [1.29, 1.82) is 0 Å². The van der Waals surface area contributed by atoms with E-state index in [1.165, 1.54) is 19.4 Å². The van der Waals surface area contributed by atoms with Crippen molar-refractivity contribution in [2.45, 2.75) is 19.7 Å². The number of hydrogen-bond acceptors (Lipinski definition) is 7. The quantitative estimate of drug-likeness (QED) is 0.693. The number of rotatable bonds is 7. The Morgan fingerprint density at radius 1 is 1.52 bits per heavy atom. The van der Waals surface area contributed by atoms with E-state index in [9.17, 15) is 9.59 Å². The molecule has 0 spiro atoms. The van der Waals surface area contributed by atoms with Gasteiger partial charge in [-0.25, -0.2) is 4.68 Å². The summed E-state index contributed by atoms with van der Waals surface area (Å²) in [6.07, 6.45) is 1.44. The third-order valence-corrected chi connectivity index (χ3v) is 2.39. The molecule has 21 heavy (non-hydrogen) atoms. The number of carboxylic acid groups (broad SMARTS) is 1. The predicted octanol–water partition coefficient (Wildman–Crippen LogP) is -0.573. The van der Waals surface area contributed by atoms with Gasteiger partial charge in [-0.05, 0) is 0 Å². The Morgan fingerprint density at radius 3 is 3.05 bits per heavy atom. The third kappa shape index (κ3) is 4.11. The van der Waals surface area contributed by atoms with Crippen LogP contribution in [0, 0.1) is 0 Å². The molecule has 10 nitrogen and oxygen atoms in total. The van der Waals surface area contributed by atoms with E-state index in [0.717, 1.165) is 4.68 Å². The minimum absolute atomic E-state index is 0.102. The van der Waals surface area contributed by atoms with Gasteiger partial charge in [0.05, 0.1) is 12.7 Å². The van der Waals surface area contributed by atoms with Crippen molar-refractivity contribution in [3.8, 4) is 0 Å². The van der Waals surface area contributed by atoms with E-state index in [1.807, 2.05) is 0 Å². The summed E-state index contributed by atoms with van der Waals surface area (Å²) in [6.45, 7) is 0.0410. The first-order chi connectivity index (χ1) is 10.1. The number of carboxylic acids is 1. The molecule has 10 heteroatoms. The van der Waals surface area contributed by atoms with Gasteiger partial charge in [0.2, 0.25) is 0 Å². The first-order valence-corrected chi connectivity index (χ1v) is 5.92. The van der Waals surface area contributed by atoms with Crippen molar-refractivity contribution in [3.05, 3.63) is 29.4 Å². The average molecular weight is 295 g/mol. The Balaban J connectivity index is 1.88. The molecule has 0 radical (unpaired) electrons. The van der Waals surface area contributed by atoms with Gasteiger partial charge >= 0.3 is 5.97 Å². The molecule has 0 bridgehead atoms. The highest BCUT2D eigenvalue weighted by Crippen LogP contribution is 2.05. The maximum absolute atomic E-state index is 11.8. The van der Waals surface area contributed by atoms with Gasteiger partial charge < -0.3 is 19.7 Å². The van der Waals surface area contributed by atoms with Crippen LogP contribution in [0.3, 0.4) is 0 Å². The number of nitrogens with zero attached hydrogens (tertiary/aromatic N) is 4. The van der Waals surface area contributed by atoms with Crippen LogP contribution in [0.25, 0.3) is 0 Å². The lowest BCUT2D eigenvalue weighted by Crippen LogP contribution is -2.23. The molecule has 0 atom stereocenters. The Labute approximate surface area is 118 Å². The lowest BCUT2D eigenvalue weighted by Gasteiger charge is -1.98. The monoisotopic (exact) mass is 295 g/mol. The first kappa shape index (κ1) is 14.7. The standard InChI is InChI=1S/C11H13N5O5/c1-20-6-8-2-9(14-21-8)11(19)12-3-7-4-16(15-13-7)5-10(17)18/h2,4H,3,5-6H2,1H3,(H,12,19)(H,17,18). The average Bonchev–Trinajstić information content (AvgIpc) is 3.05. The molecule has 0 saturated carbocycles. The third-order valence-electron chi connectivity index (χ3n) is 2.39. The number of amides is 1. The second kappa shape index (κ2) is 6.61. The Bertz CT molecular complexity index is 634. The second-order valence-corrected chi connectivity index (χ2v) is 4.10. The molecule has 0 aliphatic heterocycles. The molecule has 2 aromatic rings. The van der Waals surface area contributed by atoms with E-state index >= 15 is 0 Å². The molecule has 0 saturated heterocycles. The normalized spacial score (nSPS) is 10.5. The van der Waals surface area contributed by atoms with Crippen molar-refractivity contribution in [2.24, 2.45) is 0 Å². The van der Waals surface area contributed by atoms with Gasteiger partial charge in [-0.3, -0.25) is 9.59 Å². The molecule has 2 rings (SSSR count). The van der Waals surface area contributed by atoms with Crippen LogP contribution in [0.4, 0.5) is 0 Å². The number of aromatic nitrogens is 4. The molecule has 2 aromatic heterocycles. The summed E-state index contributed by atoms with van der Waals surface area (Å²) in [6, 6.07) is 1.47. The lowest BCUT2D eigenvalue weighted by atomic mass is 10.3. The summed E-state index contributed by atoms with van der Waals surface area (Å²) in [5.74, 6) is -1.02. The smallest absolute Gasteiger partial charge is 0.325 e. The van der Waals surface area contributed by atoms with Crippen molar-refractivity contribution in [3.63, 3.8) is 0 Å². The summed E-state index contributed by atoms with van der Waals surface area (Å²) in [7, 11) is 1.50. The molecule has 0 aliphatic rings. The molecule has 0 unspecified atom stereocenters. The molecule has 1 amide bonds. The highest BCUT2D eigenvalue weighted by molar-refractivity contribution is 5.92. The molecule has 0 fully saturated rings. The van der Waals surface area contributed by atoms with Gasteiger partial charge in [0, 0.05) is 13.2 Å². The van der Waals surface area contributed by atoms with Gasteiger partial charge in [-0.2, -0.15) is 0 Å². The minimum Gasteiger partial charge on any atom is -0.480 e. The van der Waals surface area contributed by atoms with E-state index in [0.29, 0.717) is 11.5 Å². The first-order valence-electron chi connectivity index (χ1n) is 5.92. The number of methoxy groups -OCH3 is 1. The van der Waals surface area contributed by atoms with Crippen LogP contribution in [-0.4, -0.2) is 44.2 Å². The maximum Gasteiger partial charge on any atom is 0.325 e. The zero-order valence-electron chi connectivity index (χ0n) is 11.1. The highest BCUT2D eigenvalue weighted by atomic mass is 16.5. The van der Waals surface area contributed by atoms with Crippen LogP contribution < -0.4 is 5.32 Å². The van der Waals surface area contributed by atoms with E-state index < -0.39 is 11.9 Å². The molecule has 2 N–H and O–H groups in total. The fraction of sp³-hybridized carbons (Fsp3) is 0.364. The molecular formula is C11H13N5O5. The SMILES string of the molecule is COCc1cc(C(=O)NCc2cn(CC(=O)O)nn2)no1. The summed E-state index contributed by atoms with van der Waals surface area (Å²) in [5, 5.41) is 22.1. The van der Waals surface area contributed by atoms with Crippen LogP contribution >= 0.6 is 0 Å². The maximum atomic E-state index is 11.8. The van der Waals surface area contributed by atoms with Crippen LogP contribution in [0.1, 0.15) is 21.9 Å². The molecule has 2 heterocycles. The van der Waals surface area contributed by atoms with Crippen molar-refractivity contribution in [2.75, 3.05) is 7.11 Å². The number of aliphatic carboxylic acids is 1. The Hall–Kier alpha value is -2.75. The number of carbonyl (C=O) groups is 2. The fourth-order valence-corrected chi connectivity index (χ4v) is 1.53. The number of nitrogens with one attached hydrogen (secondary N) is 1. The van der Waals surface area contributed by atoms with Gasteiger partial charge in [-0.15, -0.1) is 5.10 Å². The molecule has 112 valence electrons. The van der Waals surface area contributed by atoms with Crippen LogP contribution in [0.5, 0.6) is 0 Å². The lowest BCUT2D eigenvalue weighted by molar-refractivity contribution is -0.137. The summed E-state index contributed by atoms with van der Waals surface area (Å²) in [4.78, 5) is 22.3. The summed E-state index contributed by atoms with van der Waals surface area (Å²) < 4.78 is 10.9. The topological polar surface area (TPSA) is 132 Å². The van der Waals surface area contributed by atoms with Crippen molar-refractivity contribution >= 4 is 11.9 Å². The highest BCUT2D eigenvalue weighted by Gasteiger charge is 2.13. The van der Waals surface area contributed by atoms with Crippen LogP contribution in [-0.2, 0) is 29.2 Å². The second-order valence-electron chi connectivity index (χ2n) is 4.10. The Kier molecular flexibility index (Phi) is 4.61. The minimum atomic E-state index is -1.02. The summed E-state index contributed by atoms with van der Waals surface area (Å²) >= 11 is 0. The van der Waals surface area contributed by atoms with Gasteiger partial charge in [0.25, 0.3) is 5.91 Å². The van der Waals surface area contributed by atoms with E-state index in [2.05, 4.69) is 20.8 Å². The Morgan fingerprint density at radius 2 is 2.33 bits per heavy atom. The molecule has 0 aliphatic carbocycles. The van der Waals surface area contributed by atoms with Gasteiger partial charge in [0.15, 0.2) is 11.5 Å². The zero-order chi connectivity index (χ0) is 15.2. The predicted molar refractivity (Wildman–Crippen MR) is 66.0 cm³/mol. The van der Waals surface area contributed by atoms with Crippen molar-refractivity contribution < 1.29 is 24.0 Å². The fourth-order valence-electron chi connectivity index (χ4n) is 1.53. The zero-order valence-corrected chi connectivity index (χ0v) is 11.1. The van der Waals surface area contributed by atoms with Crippen molar-refractivity contribution in [1.82, 2.24) is 25.5 Å². The van der Waals surface area contributed by atoms with Crippen LogP contribution in [0.15, 0.2) is 16.8 Å². The van der Waals surface area contributed by atoms with Gasteiger partial charge in [0.1, 0.15) is 18.8 Å². The number of hydrogen-bond donors (Lipinski definition) is 2. The largest absolute Gasteiger partial charge is 0.480 e. The van der Waals surface area contributed by atoms with E-state index in [4.69, 9.17) is 14.4 Å². The van der Waals surface area contributed by atoms with E-state index in [1.54, 1.807) is 0 Å². The van der Waals surface area contributed by atoms with E-state index in [-0.39, 0.29) is 25.4 Å².